The molecular weight excluding hydrogens is 192 g/mol. The third kappa shape index (κ3) is 2.43. The maximum Gasteiger partial charge on any atom is 0.297 e. The topological polar surface area (TPSA) is 63.6 Å². The van der Waals surface area contributed by atoms with Gasteiger partial charge in [0, 0.05) is 6.07 Å². The lowest BCUT2D eigenvalue weighted by molar-refractivity contribution is 0.337. The van der Waals surface area contributed by atoms with Crippen LogP contribution in [0.3, 0.4) is 0 Å². The third-order valence-electron chi connectivity index (χ3n) is 1.38. The van der Waals surface area contributed by atoms with Crippen molar-refractivity contribution in [3.05, 3.63) is 24.3 Å². The van der Waals surface area contributed by atoms with Gasteiger partial charge in [0.25, 0.3) is 10.1 Å². The van der Waals surface area contributed by atoms with Crippen LogP contribution in [0.4, 0.5) is 0 Å². The van der Waals surface area contributed by atoms with Crippen LogP contribution in [-0.4, -0.2) is 20.1 Å². The molecule has 0 spiro atoms. The number of aromatic hydroxyl groups is 1. The molecule has 5 heteroatoms. The number of hydrogen-bond acceptors (Lipinski definition) is 4. The molecule has 0 heterocycles. The number of hydrogen-bond donors (Lipinski definition) is 1. The van der Waals surface area contributed by atoms with E-state index in [2.05, 4.69) is 4.18 Å². The van der Waals surface area contributed by atoms with E-state index in [0.717, 1.165) is 6.07 Å². The van der Waals surface area contributed by atoms with Crippen LogP contribution in [0.2, 0.25) is 0 Å². The van der Waals surface area contributed by atoms with Gasteiger partial charge < -0.3 is 5.11 Å². The Labute approximate surface area is 76.9 Å². The lowest BCUT2D eigenvalue weighted by atomic mass is 10.3. The molecule has 0 unspecified atom stereocenters. The van der Waals surface area contributed by atoms with Crippen molar-refractivity contribution in [3.63, 3.8) is 0 Å². The maximum absolute atomic E-state index is 11.3. The number of benzene rings is 1. The van der Waals surface area contributed by atoms with Gasteiger partial charge in [-0.25, -0.2) is 0 Å². The normalized spacial score (nSPS) is 11.5. The van der Waals surface area contributed by atoms with Crippen LogP contribution in [0.1, 0.15) is 6.92 Å². The van der Waals surface area contributed by atoms with Crippen LogP contribution in [0.5, 0.6) is 5.75 Å². The Morgan fingerprint density at radius 3 is 2.69 bits per heavy atom. The van der Waals surface area contributed by atoms with E-state index >= 15 is 0 Å². The van der Waals surface area contributed by atoms with Crippen molar-refractivity contribution in [2.24, 2.45) is 0 Å². The van der Waals surface area contributed by atoms with Crippen molar-refractivity contribution in [3.8, 4) is 5.75 Å². The molecule has 72 valence electrons. The predicted octanol–water partition coefficient (Wildman–Crippen LogP) is 1.12. The van der Waals surface area contributed by atoms with Gasteiger partial charge in [0.1, 0.15) is 5.75 Å². The average Bonchev–Trinajstić information content (AvgIpc) is 2.04. The summed E-state index contributed by atoms with van der Waals surface area (Å²) in [5.74, 6) is -0.0965. The SMILES string of the molecule is CCOS(=O)(=O)c1cccc(O)c1. The Morgan fingerprint density at radius 2 is 2.15 bits per heavy atom. The summed E-state index contributed by atoms with van der Waals surface area (Å²) in [6.45, 7) is 1.67. The van der Waals surface area contributed by atoms with Crippen LogP contribution in [0.25, 0.3) is 0 Å². The molecule has 0 aliphatic heterocycles. The zero-order valence-corrected chi connectivity index (χ0v) is 7.91. The van der Waals surface area contributed by atoms with Gasteiger partial charge in [0.2, 0.25) is 0 Å². The highest BCUT2D eigenvalue weighted by Gasteiger charge is 2.13. The minimum atomic E-state index is -3.69. The summed E-state index contributed by atoms with van der Waals surface area (Å²) >= 11 is 0. The van der Waals surface area contributed by atoms with Crippen molar-refractivity contribution in [2.75, 3.05) is 6.61 Å². The molecule has 0 bridgehead atoms. The van der Waals surface area contributed by atoms with Crippen molar-refractivity contribution in [1.82, 2.24) is 0 Å². The third-order valence-corrected chi connectivity index (χ3v) is 2.76. The zero-order chi connectivity index (χ0) is 9.90. The number of phenolic OH excluding ortho intramolecular Hbond substituents is 1. The molecular formula is C8H10O4S. The van der Waals surface area contributed by atoms with Crippen LogP contribution < -0.4 is 0 Å². The fourth-order valence-corrected chi connectivity index (χ4v) is 1.82. The molecule has 1 aromatic rings. The monoisotopic (exact) mass is 202 g/mol. The molecule has 0 aliphatic carbocycles. The average molecular weight is 202 g/mol. The molecule has 0 aliphatic rings. The largest absolute Gasteiger partial charge is 0.508 e. The Morgan fingerprint density at radius 1 is 1.46 bits per heavy atom. The first-order chi connectivity index (χ1) is 6.06. The minimum absolute atomic E-state index is 0.0330. The Kier molecular flexibility index (Phi) is 2.90. The lowest BCUT2D eigenvalue weighted by Crippen LogP contribution is -2.05. The fraction of sp³-hybridized carbons (Fsp3) is 0.250. The molecule has 1 N–H and O–H groups in total. The van der Waals surface area contributed by atoms with E-state index in [1.54, 1.807) is 6.92 Å². The van der Waals surface area contributed by atoms with Gasteiger partial charge in [-0.15, -0.1) is 0 Å². The highest BCUT2D eigenvalue weighted by Crippen LogP contribution is 2.17. The van der Waals surface area contributed by atoms with Gasteiger partial charge >= 0.3 is 0 Å². The summed E-state index contributed by atoms with van der Waals surface area (Å²) in [6.07, 6.45) is 0. The predicted molar refractivity (Wildman–Crippen MR) is 46.9 cm³/mol. The first-order valence-corrected chi connectivity index (χ1v) is 5.15. The Balaban J connectivity index is 3.08. The second-order valence-corrected chi connectivity index (χ2v) is 3.97. The van der Waals surface area contributed by atoms with Crippen molar-refractivity contribution >= 4 is 10.1 Å². The number of phenols is 1. The molecule has 0 saturated carbocycles. The van der Waals surface area contributed by atoms with Crippen molar-refractivity contribution in [2.45, 2.75) is 11.8 Å². The van der Waals surface area contributed by atoms with E-state index in [1.165, 1.54) is 18.2 Å². The van der Waals surface area contributed by atoms with Crippen molar-refractivity contribution < 1.29 is 17.7 Å². The fourth-order valence-electron chi connectivity index (χ4n) is 0.862. The quantitative estimate of drug-likeness (QED) is 0.746. The molecule has 0 atom stereocenters. The first kappa shape index (κ1) is 10.0. The second kappa shape index (κ2) is 3.76. The number of rotatable bonds is 3. The summed E-state index contributed by atoms with van der Waals surface area (Å²) in [5, 5.41) is 9.02. The van der Waals surface area contributed by atoms with E-state index in [1.807, 2.05) is 0 Å². The molecule has 1 rings (SSSR count). The summed E-state index contributed by atoms with van der Waals surface area (Å²) in [4.78, 5) is -0.0330. The molecule has 0 saturated heterocycles. The second-order valence-electron chi connectivity index (χ2n) is 2.36. The van der Waals surface area contributed by atoms with Crippen molar-refractivity contribution in [1.29, 1.82) is 0 Å². The molecule has 0 aromatic heterocycles. The molecule has 0 fully saturated rings. The Hall–Kier alpha value is -1.07. The summed E-state index contributed by atoms with van der Waals surface area (Å²) in [5.41, 5.74) is 0. The molecule has 0 amide bonds. The van der Waals surface area contributed by atoms with Gasteiger partial charge in [-0.2, -0.15) is 8.42 Å². The first-order valence-electron chi connectivity index (χ1n) is 3.74. The smallest absolute Gasteiger partial charge is 0.297 e. The maximum atomic E-state index is 11.3. The lowest BCUT2D eigenvalue weighted by Gasteiger charge is -2.02. The summed E-state index contributed by atoms with van der Waals surface area (Å²) < 4.78 is 27.0. The molecule has 0 radical (unpaired) electrons. The van der Waals surface area contributed by atoms with Gasteiger partial charge in [-0.05, 0) is 19.1 Å². The standard InChI is InChI=1S/C8H10O4S/c1-2-12-13(10,11)8-5-3-4-7(9)6-8/h3-6,9H,2H2,1H3. The van der Waals surface area contributed by atoms with Gasteiger partial charge in [0.05, 0.1) is 11.5 Å². The van der Waals surface area contributed by atoms with E-state index < -0.39 is 10.1 Å². The van der Waals surface area contributed by atoms with Gasteiger partial charge in [-0.1, -0.05) is 6.07 Å². The Bertz CT molecular complexity index is 383. The van der Waals surface area contributed by atoms with E-state index in [9.17, 15) is 8.42 Å². The molecule has 1 aromatic carbocycles. The van der Waals surface area contributed by atoms with E-state index in [-0.39, 0.29) is 17.3 Å². The zero-order valence-electron chi connectivity index (χ0n) is 7.10. The van der Waals surface area contributed by atoms with E-state index in [4.69, 9.17) is 5.11 Å². The molecule has 4 nitrogen and oxygen atoms in total. The highest BCUT2D eigenvalue weighted by molar-refractivity contribution is 7.86. The van der Waals surface area contributed by atoms with E-state index in [0.29, 0.717) is 0 Å². The van der Waals surface area contributed by atoms with Gasteiger partial charge in [-0.3, -0.25) is 4.18 Å². The highest BCUT2D eigenvalue weighted by atomic mass is 32.2. The van der Waals surface area contributed by atoms with Crippen LogP contribution >= 0.6 is 0 Å². The summed E-state index contributed by atoms with van der Waals surface area (Å²) in [7, 11) is -3.69. The van der Waals surface area contributed by atoms with Gasteiger partial charge in [0.15, 0.2) is 0 Å². The minimum Gasteiger partial charge on any atom is -0.508 e. The molecule has 13 heavy (non-hydrogen) atoms. The summed E-state index contributed by atoms with van der Waals surface area (Å²) in [6, 6.07) is 5.35. The van der Waals surface area contributed by atoms with Crippen LogP contribution in [-0.2, 0) is 14.3 Å². The van der Waals surface area contributed by atoms with Crippen LogP contribution in [0.15, 0.2) is 29.2 Å². The van der Waals surface area contributed by atoms with Crippen LogP contribution in [0, 0.1) is 0 Å².